The summed E-state index contributed by atoms with van der Waals surface area (Å²) in [4.78, 5) is 0. The molecule has 1 heterocycles. The quantitative estimate of drug-likeness (QED) is 0.277. The molecule has 20 heavy (non-hydrogen) atoms. The van der Waals surface area contributed by atoms with Crippen LogP contribution in [0.25, 0.3) is 11.3 Å². The second-order valence-corrected chi connectivity index (χ2v) is 3.72. The maximum atomic E-state index is 10.3. The van der Waals surface area contributed by atoms with Gasteiger partial charge in [-0.3, -0.25) is 5.10 Å². The summed E-state index contributed by atoms with van der Waals surface area (Å²) in [6.07, 6.45) is 3.06. The van der Waals surface area contributed by atoms with E-state index in [1.165, 1.54) is 6.21 Å². The Labute approximate surface area is 113 Å². The molecule has 1 unspecified atom stereocenters. The number of quaternary nitrogens is 1. The smallest absolute Gasteiger partial charge is 0.272 e. The van der Waals surface area contributed by atoms with Crippen molar-refractivity contribution in [2.45, 2.75) is 0 Å². The number of hydrogen-bond donors (Lipinski definition) is 5. The Kier molecular flexibility index (Phi) is 4.39. The van der Waals surface area contributed by atoms with E-state index in [-0.39, 0.29) is 5.96 Å². The Morgan fingerprint density at radius 3 is 2.90 bits per heavy atom. The molecule has 0 aliphatic rings. The molecule has 1 atom stereocenters. The lowest BCUT2D eigenvalue weighted by molar-refractivity contribution is -1.05. The van der Waals surface area contributed by atoms with Crippen molar-refractivity contribution in [2.75, 3.05) is 0 Å². The first-order valence-electron chi connectivity index (χ1n) is 5.62. The number of nitrogens with zero attached hydrogens (tertiary/aromatic N) is 3. The van der Waals surface area contributed by atoms with E-state index in [4.69, 9.17) is 10.9 Å². The summed E-state index contributed by atoms with van der Waals surface area (Å²) in [6.45, 7) is 0. The van der Waals surface area contributed by atoms with Crippen molar-refractivity contribution >= 4 is 12.2 Å². The van der Waals surface area contributed by atoms with E-state index in [2.05, 4.69) is 25.8 Å². The number of guanidine groups is 1. The SMILES string of the molecule is N/C(=N/[NH+]([O-])O)N/N=C/c1cn[nH]c1-c1ccccc1. The van der Waals surface area contributed by atoms with Gasteiger partial charge < -0.3 is 10.9 Å². The van der Waals surface area contributed by atoms with E-state index in [1.807, 2.05) is 30.3 Å². The molecular weight excluding hydrogens is 262 g/mol. The molecule has 0 amide bonds. The van der Waals surface area contributed by atoms with Crippen molar-refractivity contribution in [1.82, 2.24) is 15.6 Å². The number of aromatic amines is 1. The van der Waals surface area contributed by atoms with Crippen LogP contribution in [-0.4, -0.2) is 27.6 Å². The molecule has 0 spiro atoms. The van der Waals surface area contributed by atoms with Crippen molar-refractivity contribution in [2.24, 2.45) is 15.9 Å². The second-order valence-electron chi connectivity index (χ2n) is 3.72. The predicted octanol–water partition coefficient (Wildman–Crippen LogP) is -0.998. The molecule has 9 nitrogen and oxygen atoms in total. The third-order valence-corrected chi connectivity index (χ3v) is 2.33. The molecule has 9 heteroatoms. The van der Waals surface area contributed by atoms with Crippen LogP contribution in [-0.2, 0) is 0 Å². The zero-order chi connectivity index (χ0) is 14.4. The first-order chi connectivity index (χ1) is 9.66. The van der Waals surface area contributed by atoms with Gasteiger partial charge in [0.1, 0.15) is 0 Å². The van der Waals surface area contributed by atoms with Gasteiger partial charge in [-0.05, 0) is 5.10 Å². The van der Waals surface area contributed by atoms with Crippen molar-refractivity contribution in [1.29, 1.82) is 0 Å². The number of hydrazone groups is 1. The van der Waals surface area contributed by atoms with Crippen molar-refractivity contribution in [3.63, 3.8) is 0 Å². The summed E-state index contributed by atoms with van der Waals surface area (Å²) in [6, 6.07) is 9.59. The molecule has 0 radical (unpaired) electrons. The number of nitrogens with two attached hydrogens (primary N) is 1. The van der Waals surface area contributed by atoms with Gasteiger partial charge in [0.05, 0.1) is 18.1 Å². The summed E-state index contributed by atoms with van der Waals surface area (Å²) in [7, 11) is 0. The van der Waals surface area contributed by atoms with Crippen molar-refractivity contribution in [3.05, 3.63) is 47.3 Å². The number of H-pyrrole nitrogens is 1. The predicted molar refractivity (Wildman–Crippen MR) is 72.5 cm³/mol. The highest BCUT2D eigenvalue weighted by molar-refractivity contribution is 5.89. The van der Waals surface area contributed by atoms with E-state index in [1.54, 1.807) is 6.20 Å². The number of rotatable bonds is 4. The molecule has 0 aliphatic heterocycles. The van der Waals surface area contributed by atoms with Crippen LogP contribution in [0.3, 0.4) is 0 Å². The maximum Gasteiger partial charge on any atom is 0.272 e. The molecule has 0 aliphatic carbocycles. The third-order valence-electron chi connectivity index (χ3n) is 2.33. The second kappa shape index (κ2) is 6.43. The van der Waals surface area contributed by atoms with Crippen LogP contribution < -0.4 is 16.5 Å². The molecule has 0 saturated carbocycles. The number of aromatic nitrogens is 2. The lowest BCUT2D eigenvalue weighted by Gasteiger charge is -2.04. The summed E-state index contributed by atoms with van der Waals surface area (Å²) in [5.74, 6) is -0.307. The van der Waals surface area contributed by atoms with Crippen LogP contribution in [0.5, 0.6) is 0 Å². The normalized spacial score (nSPS) is 13.6. The molecule has 1 aromatic carbocycles. The van der Waals surface area contributed by atoms with Gasteiger partial charge in [0.25, 0.3) is 5.96 Å². The minimum absolute atomic E-state index is 0.307. The Morgan fingerprint density at radius 1 is 1.45 bits per heavy atom. The van der Waals surface area contributed by atoms with Gasteiger partial charge in [-0.25, -0.2) is 5.43 Å². The lowest BCUT2D eigenvalue weighted by Crippen LogP contribution is -3.00. The zero-order valence-corrected chi connectivity index (χ0v) is 10.3. The average molecular weight is 275 g/mol. The Bertz CT molecular complexity index is 606. The summed E-state index contributed by atoms with van der Waals surface area (Å²) in [5, 5.41) is 30.9. The lowest BCUT2D eigenvalue weighted by atomic mass is 10.1. The van der Waals surface area contributed by atoms with Crippen LogP contribution in [0, 0.1) is 5.21 Å². The maximum absolute atomic E-state index is 10.3. The molecule has 0 saturated heterocycles. The zero-order valence-electron chi connectivity index (χ0n) is 10.3. The monoisotopic (exact) mass is 275 g/mol. The third kappa shape index (κ3) is 3.62. The van der Waals surface area contributed by atoms with Crippen LogP contribution in [0.15, 0.2) is 46.7 Å². The minimum Gasteiger partial charge on any atom is -0.572 e. The van der Waals surface area contributed by atoms with E-state index in [0.29, 0.717) is 0 Å². The van der Waals surface area contributed by atoms with Gasteiger partial charge in [-0.1, -0.05) is 35.7 Å². The highest BCUT2D eigenvalue weighted by atomic mass is 16.8. The number of hydrogen-bond acceptors (Lipinski definition) is 5. The first kappa shape index (κ1) is 13.7. The molecule has 0 bridgehead atoms. The van der Waals surface area contributed by atoms with E-state index >= 15 is 0 Å². The van der Waals surface area contributed by atoms with Gasteiger partial charge in [0, 0.05) is 11.1 Å². The minimum atomic E-state index is -1.39. The fourth-order valence-corrected chi connectivity index (χ4v) is 1.53. The summed E-state index contributed by atoms with van der Waals surface area (Å²) >= 11 is 0. The molecule has 2 rings (SSSR count). The first-order valence-corrected chi connectivity index (χ1v) is 5.62. The Morgan fingerprint density at radius 2 is 2.20 bits per heavy atom. The van der Waals surface area contributed by atoms with Gasteiger partial charge in [-0.2, -0.15) is 15.4 Å². The molecule has 0 fully saturated rings. The van der Waals surface area contributed by atoms with Crippen LogP contribution >= 0.6 is 0 Å². The summed E-state index contributed by atoms with van der Waals surface area (Å²) in [5.41, 5.74) is 10.1. The van der Waals surface area contributed by atoms with E-state index in [9.17, 15) is 5.21 Å². The van der Waals surface area contributed by atoms with E-state index < -0.39 is 5.34 Å². The molecular formula is C11H13N7O2. The van der Waals surface area contributed by atoms with Gasteiger partial charge in [0.2, 0.25) is 0 Å². The van der Waals surface area contributed by atoms with Crippen molar-refractivity contribution < 1.29 is 10.5 Å². The number of benzene rings is 1. The van der Waals surface area contributed by atoms with Crippen LogP contribution in [0.1, 0.15) is 5.56 Å². The van der Waals surface area contributed by atoms with Crippen LogP contribution in [0.2, 0.25) is 0 Å². The molecule has 1 aromatic heterocycles. The van der Waals surface area contributed by atoms with Crippen LogP contribution in [0.4, 0.5) is 0 Å². The average Bonchev–Trinajstić information content (AvgIpc) is 2.87. The highest BCUT2D eigenvalue weighted by Gasteiger charge is 2.04. The Balaban J connectivity index is 2.10. The van der Waals surface area contributed by atoms with Gasteiger partial charge >= 0.3 is 0 Å². The fraction of sp³-hybridized carbons (Fsp3) is 0. The highest BCUT2D eigenvalue weighted by Crippen LogP contribution is 2.18. The molecule has 6 N–H and O–H groups in total. The van der Waals surface area contributed by atoms with Crippen molar-refractivity contribution in [3.8, 4) is 11.3 Å². The standard InChI is InChI=1S/C11H13N7O2/c12-11(17-18(19)20)16-14-7-9-6-13-15-10(9)8-4-2-1-3-5-8/h1-7,18-19H,(H,13,15)(H3,12,16,17)/b14-7+. The Hall–Kier alpha value is -2.75. The van der Waals surface area contributed by atoms with Gasteiger partial charge in [0.15, 0.2) is 0 Å². The molecule has 104 valence electrons. The van der Waals surface area contributed by atoms with Gasteiger partial charge in [-0.15, -0.1) is 0 Å². The topological polar surface area (TPSA) is 139 Å². The van der Waals surface area contributed by atoms with E-state index in [0.717, 1.165) is 16.8 Å². The summed E-state index contributed by atoms with van der Waals surface area (Å²) < 4.78 is 0. The molecule has 2 aromatic rings. The number of nitrogens with one attached hydrogen (secondary N) is 3. The fourth-order valence-electron chi connectivity index (χ4n) is 1.53. The largest absolute Gasteiger partial charge is 0.572 e.